The highest BCUT2D eigenvalue weighted by molar-refractivity contribution is 5.55. The number of aryl methyl sites for hydroxylation is 1. The molecule has 0 unspecified atom stereocenters. The minimum atomic E-state index is 0.748. The molecule has 0 bridgehead atoms. The summed E-state index contributed by atoms with van der Waals surface area (Å²) in [6.45, 7) is 4.64. The van der Waals surface area contributed by atoms with Gasteiger partial charge >= 0.3 is 0 Å². The highest BCUT2D eigenvalue weighted by Gasteiger charge is 2.22. The van der Waals surface area contributed by atoms with Crippen molar-refractivity contribution < 1.29 is 0 Å². The summed E-state index contributed by atoms with van der Waals surface area (Å²) in [4.78, 5) is 9.42. The van der Waals surface area contributed by atoms with Gasteiger partial charge in [0.1, 0.15) is 0 Å². The van der Waals surface area contributed by atoms with Crippen LogP contribution in [0.3, 0.4) is 0 Å². The van der Waals surface area contributed by atoms with Crippen molar-refractivity contribution in [2.45, 2.75) is 110 Å². The van der Waals surface area contributed by atoms with Gasteiger partial charge in [0.05, 0.1) is 0 Å². The van der Waals surface area contributed by atoms with Crippen molar-refractivity contribution in [2.24, 2.45) is 17.8 Å². The first kappa shape index (κ1) is 23.5. The van der Waals surface area contributed by atoms with Crippen LogP contribution in [0.1, 0.15) is 114 Å². The second kappa shape index (κ2) is 12.0. The molecule has 2 nitrogen and oxygen atoms in total. The van der Waals surface area contributed by atoms with Crippen LogP contribution < -0.4 is 0 Å². The summed E-state index contributed by atoms with van der Waals surface area (Å²) in [6.07, 6.45) is 23.4. The zero-order valence-electron chi connectivity index (χ0n) is 20.6. The number of hydrogen-bond donors (Lipinski definition) is 0. The Balaban J connectivity index is 1.25. The Morgan fingerprint density at radius 2 is 1.16 bits per heavy atom. The van der Waals surface area contributed by atoms with E-state index in [0.29, 0.717) is 0 Å². The maximum atomic E-state index is 4.71. The van der Waals surface area contributed by atoms with Crippen molar-refractivity contribution in [3.05, 3.63) is 47.8 Å². The van der Waals surface area contributed by atoms with Gasteiger partial charge in [-0.1, -0.05) is 89.5 Å². The summed E-state index contributed by atoms with van der Waals surface area (Å²) in [5.41, 5.74) is 3.95. The van der Waals surface area contributed by atoms with Crippen molar-refractivity contribution in [3.8, 4) is 11.4 Å². The van der Waals surface area contributed by atoms with Crippen LogP contribution in [-0.4, -0.2) is 9.97 Å². The molecule has 0 saturated heterocycles. The van der Waals surface area contributed by atoms with Crippen LogP contribution in [0.5, 0.6) is 0 Å². The first-order chi connectivity index (χ1) is 15.7. The van der Waals surface area contributed by atoms with E-state index in [1.165, 1.54) is 94.6 Å². The topological polar surface area (TPSA) is 25.8 Å². The van der Waals surface area contributed by atoms with Crippen LogP contribution in [0.15, 0.2) is 36.7 Å². The lowest BCUT2D eigenvalue weighted by molar-refractivity contribution is 0.252. The van der Waals surface area contributed by atoms with E-state index in [1.807, 2.05) is 0 Å². The molecule has 0 amide bonds. The first-order valence-electron chi connectivity index (χ1n) is 13.7. The second-order valence-electron chi connectivity index (χ2n) is 10.8. The monoisotopic (exact) mass is 432 g/mol. The lowest BCUT2D eigenvalue weighted by Gasteiger charge is -2.28. The Morgan fingerprint density at radius 3 is 1.69 bits per heavy atom. The number of aromatic nitrogens is 2. The molecule has 2 heteroatoms. The Morgan fingerprint density at radius 1 is 0.656 bits per heavy atom. The highest BCUT2D eigenvalue weighted by Crippen LogP contribution is 2.38. The van der Waals surface area contributed by atoms with Gasteiger partial charge in [-0.05, 0) is 73.3 Å². The summed E-state index contributed by atoms with van der Waals surface area (Å²) in [6, 6.07) is 9.12. The molecule has 1 heterocycles. The van der Waals surface area contributed by atoms with Crippen molar-refractivity contribution in [1.29, 1.82) is 0 Å². The third-order valence-electron chi connectivity index (χ3n) is 8.39. The summed E-state index contributed by atoms with van der Waals surface area (Å²) >= 11 is 0. The van der Waals surface area contributed by atoms with E-state index >= 15 is 0 Å². The predicted molar refractivity (Wildman–Crippen MR) is 136 cm³/mol. The summed E-state index contributed by atoms with van der Waals surface area (Å²) in [5.74, 6) is 4.50. The average molecular weight is 433 g/mol. The van der Waals surface area contributed by atoms with E-state index in [4.69, 9.17) is 9.97 Å². The van der Waals surface area contributed by atoms with E-state index in [-0.39, 0.29) is 0 Å². The maximum absolute atomic E-state index is 4.71. The Bertz CT molecular complexity index is 779. The van der Waals surface area contributed by atoms with Crippen LogP contribution in [0.25, 0.3) is 11.4 Å². The van der Waals surface area contributed by atoms with Gasteiger partial charge in [-0.2, -0.15) is 0 Å². The molecule has 0 spiro atoms. The Kier molecular flexibility index (Phi) is 8.77. The largest absolute Gasteiger partial charge is 0.236 e. The van der Waals surface area contributed by atoms with Gasteiger partial charge in [-0.25, -0.2) is 9.97 Å². The van der Waals surface area contributed by atoms with E-state index < -0.39 is 0 Å². The predicted octanol–water partition coefficient (Wildman–Crippen LogP) is 8.76. The fourth-order valence-electron chi connectivity index (χ4n) is 6.32. The molecule has 2 aliphatic rings. The molecule has 2 aromatic rings. The van der Waals surface area contributed by atoms with Crippen molar-refractivity contribution >= 4 is 0 Å². The molecule has 4 rings (SSSR count). The second-order valence-corrected chi connectivity index (χ2v) is 10.8. The SMILES string of the molecule is CCCC1CCC(CCc2cnc(-c3ccc(C4CCC(CCC)CC4)cc3)nc2)CC1. The molecular weight excluding hydrogens is 388 g/mol. The average Bonchev–Trinajstić information content (AvgIpc) is 2.85. The van der Waals surface area contributed by atoms with Crippen LogP contribution >= 0.6 is 0 Å². The zero-order chi connectivity index (χ0) is 22.2. The molecule has 1 aromatic carbocycles. The van der Waals surface area contributed by atoms with Gasteiger partial charge in [0.2, 0.25) is 0 Å². The quantitative estimate of drug-likeness (QED) is 0.396. The molecular formula is C30H44N2. The number of benzene rings is 1. The van der Waals surface area contributed by atoms with E-state index in [2.05, 4.69) is 50.5 Å². The fourth-order valence-corrected chi connectivity index (χ4v) is 6.32. The highest BCUT2D eigenvalue weighted by atomic mass is 14.9. The minimum Gasteiger partial charge on any atom is -0.236 e. The van der Waals surface area contributed by atoms with Crippen LogP contribution in [0.4, 0.5) is 0 Å². The maximum Gasteiger partial charge on any atom is 0.159 e. The molecule has 0 radical (unpaired) electrons. The van der Waals surface area contributed by atoms with Crippen LogP contribution in [-0.2, 0) is 6.42 Å². The van der Waals surface area contributed by atoms with Crippen molar-refractivity contribution in [3.63, 3.8) is 0 Å². The van der Waals surface area contributed by atoms with Crippen molar-refractivity contribution in [1.82, 2.24) is 9.97 Å². The standard InChI is InChI=1S/C30H44N2/c1-3-5-23-7-9-25(10-8-23)11-12-26-21-31-30(32-22-26)29-19-17-28(18-20-29)27-15-13-24(6-4-2)14-16-27/h17-25,27H,3-16H2,1-2H3. The normalized spacial score (nSPS) is 26.2. The number of rotatable bonds is 9. The number of hydrogen-bond acceptors (Lipinski definition) is 2. The summed E-state index contributed by atoms with van der Waals surface area (Å²) in [7, 11) is 0. The fraction of sp³-hybridized carbons (Fsp3) is 0.667. The van der Waals surface area contributed by atoms with Crippen molar-refractivity contribution in [2.75, 3.05) is 0 Å². The molecule has 0 aliphatic heterocycles. The summed E-state index contributed by atoms with van der Waals surface area (Å²) < 4.78 is 0. The minimum absolute atomic E-state index is 0.748. The molecule has 174 valence electrons. The van der Waals surface area contributed by atoms with Gasteiger partial charge in [0, 0.05) is 18.0 Å². The molecule has 0 N–H and O–H groups in total. The van der Waals surface area contributed by atoms with E-state index in [1.54, 1.807) is 0 Å². The van der Waals surface area contributed by atoms with Crippen LogP contribution in [0.2, 0.25) is 0 Å². The molecule has 0 atom stereocenters. The molecule has 2 saturated carbocycles. The van der Waals surface area contributed by atoms with Gasteiger partial charge in [-0.3, -0.25) is 0 Å². The van der Waals surface area contributed by atoms with E-state index in [0.717, 1.165) is 41.5 Å². The van der Waals surface area contributed by atoms with Gasteiger partial charge in [-0.15, -0.1) is 0 Å². The first-order valence-corrected chi connectivity index (χ1v) is 13.7. The molecule has 2 fully saturated rings. The van der Waals surface area contributed by atoms with Gasteiger partial charge in [0.25, 0.3) is 0 Å². The van der Waals surface area contributed by atoms with E-state index in [9.17, 15) is 0 Å². The van der Waals surface area contributed by atoms with Gasteiger partial charge in [0.15, 0.2) is 5.82 Å². The van der Waals surface area contributed by atoms with Crippen LogP contribution in [0, 0.1) is 17.8 Å². The third-order valence-corrected chi connectivity index (χ3v) is 8.39. The molecule has 1 aromatic heterocycles. The molecule has 32 heavy (non-hydrogen) atoms. The summed E-state index contributed by atoms with van der Waals surface area (Å²) in [5, 5.41) is 0. The number of nitrogens with zero attached hydrogens (tertiary/aromatic N) is 2. The van der Waals surface area contributed by atoms with Gasteiger partial charge < -0.3 is 0 Å². The Hall–Kier alpha value is -1.70. The lowest BCUT2D eigenvalue weighted by Crippen LogP contribution is -2.15. The molecule has 2 aliphatic carbocycles. The Labute approximate surface area is 196 Å². The smallest absolute Gasteiger partial charge is 0.159 e. The third kappa shape index (κ3) is 6.42. The zero-order valence-corrected chi connectivity index (χ0v) is 20.6. The lowest BCUT2D eigenvalue weighted by atomic mass is 9.77.